The molecule has 1 fully saturated rings. The molecular weight excluding hydrogens is 357 g/mol. The number of piperidine rings is 1. The van der Waals surface area contributed by atoms with Crippen molar-refractivity contribution in [1.29, 1.82) is 0 Å². The van der Waals surface area contributed by atoms with Crippen LogP contribution in [0.3, 0.4) is 0 Å². The van der Waals surface area contributed by atoms with Gasteiger partial charge < -0.3 is 10.2 Å². The van der Waals surface area contributed by atoms with E-state index in [9.17, 15) is 0 Å². The average Bonchev–Trinajstić information content (AvgIpc) is 2.97. The summed E-state index contributed by atoms with van der Waals surface area (Å²) >= 11 is 12.1. The SMILES string of the molecule is Cl.Clc1ccc(-n2cc(NCCN3CCCCC3)nn2)c(Cl)c1. The van der Waals surface area contributed by atoms with Gasteiger partial charge in [0.15, 0.2) is 5.82 Å². The van der Waals surface area contributed by atoms with Gasteiger partial charge in [0.1, 0.15) is 0 Å². The van der Waals surface area contributed by atoms with Crippen molar-refractivity contribution in [3.8, 4) is 5.69 Å². The lowest BCUT2D eigenvalue weighted by Crippen LogP contribution is -2.33. The highest BCUT2D eigenvalue weighted by Gasteiger charge is 2.10. The summed E-state index contributed by atoms with van der Waals surface area (Å²) in [5, 5.41) is 12.7. The van der Waals surface area contributed by atoms with Gasteiger partial charge in [0.05, 0.1) is 16.9 Å². The number of rotatable bonds is 5. The lowest BCUT2D eigenvalue weighted by Gasteiger charge is -2.26. The Kier molecular flexibility index (Phi) is 6.96. The van der Waals surface area contributed by atoms with Crippen molar-refractivity contribution in [2.45, 2.75) is 19.3 Å². The number of halogens is 3. The number of hydrogen-bond acceptors (Lipinski definition) is 4. The molecule has 1 aliphatic heterocycles. The zero-order chi connectivity index (χ0) is 15.4. The molecule has 0 saturated carbocycles. The van der Waals surface area contributed by atoms with Crippen molar-refractivity contribution in [3.63, 3.8) is 0 Å². The molecule has 0 amide bonds. The van der Waals surface area contributed by atoms with Gasteiger partial charge in [-0.05, 0) is 44.1 Å². The molecule has 126 valence electrons. The molecule has 1 aromatic carbocycles. The van der Waals surface area contributed by atoms with E-state index < -0.39 is 0 Å². The first kappa shape index (κ1) is 18.3. The van der Waals surface area contributed by atoms with Gasteiger partial charge >= 0.3 is 0 Å². The summed E-state index contributed by atoms with van der Waals surface area (Å²) in [6.45, 7) is 4.31. The zero-order valence-corrected chi connectivity index (χ0v) is 15.0. The Hall–Kier alpha value is -1.01. The number of nitrogens with one attached hydrogen (secondary N) is 1. The van der Waals surface area contributed by atoms with Crippen LogP contribution in [0.2, 0.25) is 10.0 Å². The third-order valence-corrected chi connectivity index (χ3v) is 4.37. The maximum absolute atomic E-state index is 6.18. The molecule has 1 aliphatic rings. The van der Waals surface area contributed by atoms with Gasteiger partial charge in [-0.25, -0.2) is 4.68 Å². The Morgan fingerprint density at radius 3 is 2.65 bits per heavy atom. The molecule has 1 saturated heterocycles. The molecule has 0 spiro atoms. The van der Waals surface area contributed by atoms with Gasteiger partial charge in [0.2, 0.25) is 0 Å². The summed E-state index contributed by atoms with van der Waals surface area (Å²) in [6, 6.07) is 5.31. The molecular formula is C15H20Cl3N5. The number of hydrogen-bond donors (Lipinski definition) is 1. The van der Waals surface area contributed by atoms with E-state index in [2.05, 4.69) is 20.5 Å². The standard InChI is InChI=1S/C15H19Cl2N5.ClH/c16-12-4-5-14(13(17)10-12)22-11-15(19-20-22)18-6-9-21-7-2-1-3-8-21;/h4-5,10-11,18H,1-3,6-9H2;1H. The van der Waals surface area contributed by atoms with E-state index in [1.165, 1.54) is 32.4 Å². The van der Waals surface area contributed by atoms with E-state index in [-0.39, 0.29) is 12.4 Å². The van der Waals surface area contributed by atoms with Crippen LogP contribution in [0.1, 0.15) is 19.3 Å². The van der Waals surface area contributed by atoms with Crippen molar-refractivity contribution in [2.75, 3.05) is 31.5 Å². The monoisotopic (exact) mass is 375 g/mol. The summed E-state index contributed by atoms with van der Waals surface area (Å²) in [7, 11) is 0. The van der Waals surface area contributed by atoms with Gasteiger partial charge in [-0.1, -0.05) is 34.8 Å². The van der Waals surface area contributed by atoms with E-state index >= 15 is 0 Å². The molecule has 5 nitrogen and oxygen atoms in total. The molecule has 2 heterocycles. The molecule has 3 rings (SSSR count). The summed E-state index contributed by atoms with van der Waals surface area (Å²) in [6.07, 6.45) is 5.82. The van der Waals surface area contributed by atoms with Crippen LogP contribution in [-0.2, 0) is 0 Å². The van der Waals surface area contributed by atoms with E-state index in [0.29, 0.717) is 10.0 Å². The topological polar surface area (TPSA) is 46.0 Å². The number of likely N-dealkylation sites (tertiary alicyclic amines) is 1. The van der Waals surface area contributed by atoms with Gasteiger partial charge in [-0.3, -0.25) is 0 Å². The number of aromatic nitrogens is 3. The van der Waals surface area contributed by atoms with Crippen molar-refractivity contribution >= 4 is 41.4 Å². The average molecular weight is 377 g/mol. The van der Waals surface area contributed by atoms with Crippen LogP contribution in [0, 0.1) is 0 Å². The predicted octanol–water partition coefficient (Wildman–Crippen LogP) is 3.89. The first-order valence-electron chi connectivity index (χ1n) is 7.56. The van der Waals surface area contributed by atoms with Crippen molar-refractivity contribution in [1.82, 2.24) is 19.9 Å². The van der Waals surface area contributed by atoms with Gasteiger partial charge in [0.25, 0.3) is 0 Å². The van der Waals surface area contributed by atoms with Gasteiger partial charge in [-0.15, -0.1) is 17.5 Å². The van der Waals surface area contributed by atoms with E-state index in [1.54, 1.807) is 16.8 Å². The van der Waals surface area contributed by atoms with Crippen LogP contribution in [0.4, 0.5) is 5.82 Å². The van der Waals surface area contributed by atoms with Crippen LogP contribution >= 0.6 is 35.6 Å². The number of anilines is 1. The fourth-order valence-electron chi connectivity index (χ4n) is 2.65. The zero-order valence-electron chi connectivity index (χ0n) is 12.7. The first-order valence-corrected chi connectivity index (χ1v) is 8.32. The molecule has 2 aromatic rings. The van der Waals surface area contributed by atoms with E-state index in [1.807, 2.05) is 12.3 Å². The second-order valence-electron chi connectivity index (χ2n) is 5.47. The summed E-state index contributed by atoms with van der Waals surface area (Å²) in [4.78, 5) is 2.48. The predicted molar refractivity (Wildman–Crippen MR) is 97.4 cm³/mol. The van der Waals surface area contributed by atoms with Crippen LogP contribution in [0.5, 0.6) is 0 Å². The van der Waals surface area contributed by atoms with Crippen LogP contribution in [-0.4, -0.2) is 46.1 Å². The second kappa shape index (κ2) is 8.73. The highest BCUT2D eigenvalue weighted by atomic mass is 35.5. The van der Waals surface area contributed by atoms with E-state index in [0.717, 1.165) is 24.6 Å². The lowest BCUT2D eigenvalue weighted by atomic mass is 10.1. The largest absolute Gasteiger partial charge is 0.366 e. The van der Waals surface area contributed by atoms with Gasteiger partial charge in [-0.2, -0.15) is 0 Å². The minimum absolute atomic E-state index is 0. The Balaban J connectivity index is 0.00000192. The van der Waals surface area contributed by atoms with Crippen LogP contribution in [0.15, 0.2) is 24.4 Å². The Bertz CT molecular complexity index is 625. The Morgan fingerprint density at radius 2 is 1.91 bits per heavy atom. The van der Waals surface area contributed by atoms with Crippen molar-refractivity contribution in [2.24, 2.45) is 0 Å². The summed E-state index contributed by atoms with van der Waals surface area (Å²) < 4.78 is 1.65. The smallest absolute Gasteiger partial charge is 0.169 e. The van der Waals surface area contributed by atoms with E-state index in [4.69, 9.17) is 23.2 Å². The van der Waals surface area contributed by atoms with Gasteiger partial charge in [0, 0.05) is 18.1 Å². The maximum Gasteiger partial charge on any atom is 0.169 e. The normalized spacial score (nSPS) is 15.2. The highest BCUT2D eigenvalue weighted by molar-refractivity contribution is 6.35. The fourth-order valence-corrected chi connectivity index (χ4v) is 3.15. The Morgan fingerprint density at radius 1 is 1.13 bits per heavy atom. The van der Waals surface area contributed by atoms with Crippen molar-refractivity contribution in [3.05, 3.63) is 34.4 Å². The molecule has 0 aliphatic carbocycles. The quantitative estimate of drug-likeness (QED) is 0.860. The molecule has 1 aromatic heterocycles. The second-order valence-corrected chi connectivity index (χ2v) is 6.32. The van der Waals surface area contributed by atoms with Crippen LogP contribution in [0.25, 0.3) is 5.69 Å². The summed E-state index contributed by atoms with van der Waals surface area (Å²) in [5.41, 5.74) is 0.766. The highest BCUT2D eigenvalue weighted by Crippen LogP contribution is 2.24. The molecule has 0 atom stereocenters. The first-order chi connectivity index (χ1) is 10.7. The molecule has 0 bridgehead atoms. The molecule has 0 radical (unpaired) electrons. The molecule has 0 unspecified atom stereocenters. The third-order valence-electron chi connectivity index (χ3n) is 3.83. The third kappa shape index (κ3) is 4.98. The number of nitrogens with zero attached hydrogens (tertiary/aromatic N) is 4. The van der Waals surface area contributed by atoms with Crippen molar-refractivity contribution < 1.29 is 0 Å². The maximum atomic E-state index is 6.18. The minimum Gasteiger partial charge on any atom is -0.366 e. The lowest BCUT2D eigenvalue weighted by molar-refractivity contribution is 0.237. The fraction of sp³-hybridized carbons (Fsp3) is 0.467. The number of benzene rings is 1. The summed E-state index contributed by atoms with van der Waals surface area (Å²) in [5.74, 6) is 0.753. The Labute approximate surface area is 152 Å². The molecule has 23 heavy (non-hydrogen) atoms. The molecule has 1 N–H and O–H groups in total. The molecule has 8 heteroatoms. The van der Waals surface area contributed by atoms with Crippen LogP contribution < -0.4 is 5.32 Å². The minimum atomic E-state index is 0.